The van der Waals surface area contributed by atoms with Crippen molar-refractivity contribution in [3.8, 4) is 5.75 Å². The molecular formula is C23H23NO4. The van der Waals surface area contributed by atoms with E-state index in [0.29, 0.717) is 31.0 Å². The summed E-state index contributed by atoms with van der Waals surface area (Å²) in [5.74, 6) is 0.249. The summed E-state index contributed by atoms with van der Waals surface area (Å²) in [6.07, 6.45) is 0.773. The highest BCUT2D eigenvalue weighted by molar-refractivity contribution is 6.00. The topological polar surface area (TPSA) is 55.8 Å². The van der Waals surface area contributed by atoms with E-state index in [9.17, 15) is 9.59 Å². The van der Waals surface area contributed by atoms with Gasteiger partial charge in [-0.15, -0.1) is 0 Å². The van der Waals surface area contributed by atoms with Crippen LogP contribution in [0.1, 0.15) is 15.9 Å². The Hall–Kier alpha value is -3.18. The van der Waals surface area contributed by atoms with E-state index >= 15 is 0 Å². The Morgan fingerprint density at radius 2 is 1.75 bits per heavy atom. The molecule has 0 atom stereocenters. The van der Waals surface area contributed by atoms with Gasteiger partial charge in [-0.05, 0) is 22.4 Å². The number of amides is 1. The monoisotopic (exact) mass is 377 g/mol. The van der Waals surface area contributed by atoms with Crippen LogP contribution in [-0.4, -0.2) is 44.0 Å². The van der Waals surface area contributed by atoms with E-state index < -0.39 is 0 Å². The van der Waals surface area contributed by atoms with E-state index in [1.807, 2.05) is 60.7 Å². The van der Waals surface area contributed by atoms with Crippen molar-refractivity contribution in [1.82, 2.24) is 4.90 Å². The van der Waals surface area contributed by atoms with Crippen LogP contribution in [0.3, 0.4) is 0 Å². The van der Waals surface area contributed by atoms with Crippen LogP contribution >= 0.6 is 0 Å². The molecule has 0 bridgehead atoms. The number of rotatable bonds is 9. The highest BCUT2D eigenvalue weighted by Gasteiger charge is 2.16. The molecule has 0 fully saturated rings. The van der Waals surface area contributed by atoms with Crippen LogP contribution in [0.25, 0.3) is 10.8 Å². The lowest BCUT2D eigenvalue weighted by atomic mass is 10.0. The number of carbonyl (C=O) groups is 2. The summed E-state index contributed by atoms with van der Waals surface area (Å²) in [7, 11) is 1.60. The van der Waals surface area contributed by atoms with Gasteiger partial charge in [-0.2, -0.15) is 0 Å². The van der Waals surface area contributed by atoms with Crippen molar-refractivity contribution in [2.24, 2.45) is 0 Å². The Morgan fingerprint density at radius 3 is 2.50 bits per heavy atom. The molecule has 3 aromatic rings. The quantitative estimate of drug-likeness (QED) is 0.534. The molecule has 0 saturated heterocycles. The molecule has 3 rings (SSSR count). The minimum Gasteiger partial charge on any atom is -0.483 e. The molecule has 5 nitrogen and oxygen atoms in total. The number of fused-ring (bicyclic) bond motifs is 1. The highest BCUT2D eigenvalue weighted by Crippen LogP contribution is 2.26. The number of hydrogen-bond acceptors (Lipinski definition) is 4. The lowest BCUT2D eigenvalue weighted by Gasteiger charge is -2.23. The molecule has 0 heterocycles. The summed E-state index contributed by atoms with van der Waals surface area (Å²) in [4.78, 5) is 26.1. The Balaban J connectivity index is 1.73. The molecule has 0 N–H and O–H groups in total. The number of carbonyl (C=O) groups excluding carboxylic acids is 2. The van der Waals surface area contributed by atoms with Gasteiger partial charge in [0.05, 0.1) is 12.2 Å². The molecule has 0 aromatic heterocycles. The first kappa shape index (κ1) is 19.6. The molecule has 0 radical (unpaired) electrons. The molecule has 0 spiro atoms. The van der Waals surface area contributed by atoms with Crippen LogP contribution < -0.4 is 4.74 Å². The minimum atomic E-state index is -0.161. The van der Waals surface area contributed by atoms with Gasteiger partial charge in [-0.3, -0.25) is 9.59 Å². The fourth-order valence-electron chi connectivity index (χ4n) is 3.05. The van der Waals surface area contributed by atoms with Gasteiger partial charge >= 0.3 is 0 Å². The summed E-state index contributed by atoms with van der Waals surface area (Å²) in [6.45, 7) is 1.24. The molecule has 0 aliphatic rings. The van der Waals surface area contributed by atoms with E-state index in [1.165, 1.54) is 0 Å². The van der Waals surface area contributed by atoms with Crippen LogP contribution in [-0.2, 0) is 16.1 Å². The van der Waals surface area contributed by atoms with Crippen LogP contribution in [0.2, 0.25) is 0 Å². The molecule has 28 heavy (non-hydrogen) atoms. The number of aldehydes is 1. The molecule has 0 aliphatic carbocycles. The molecular weight excluding hydrogens is 354 g/mol. The largest absolute Gasteiger partial charge is 0.483 e. The lowest BCUT2D eigenvalue weighted by Crippen LogP contribution is -2.36. The summed E-state index contributed by atoms with van der Waals surface area (Å²) in [6, 6.07) is 21.0. The van der Waals surface area contributed by atoms with Crippen molar-refractivity contribution < 1.29 is 19.1 Å². The molecule has 0 unspecified atom stereocenters. The third-order valence-electron chi connectivity index (χ3n) is 4.53. The molecule has 5 heteroatoms. The van der Waals surface area contributed by atoms with Gasteiger partial charge in [-0.25, -0.2) is 0 Å². The van der Waals surface area contributed by atoms with Crippen LogP contribution in [0.15, 0.2) is 66.7 Å². The summed E-state index contributed by atoms with van der Waals surface area (Å²) in [5, 5.41) is 1.76. The van der Waals surface area contributed by atoms with E-state index in [2.05, 4.69) is 0 Å². The molecule has 0 saturated carbocycles. The standard InChI is InChI=1S/C23H23NO4/c1-27-14-13-24(15-18-7-3-2-4-8-18)23(26)17-28-22-12-11-19-9-5-6-10-20(19)21(22)16-25/h2-12,16H,13-15,17H2,1H3. The van der Waals surface area contributed by atoms with E-state index in [1.54, 1.807) is 18.1 Å². The zero-order chi connectivity index (χ0) is 19.8. The van der Waals surface area contributed by atoms with Gasteiger partial charge < -0.3 is 14.4 Å². The Morgan fingerprint density at radius 1 is 1.00 bits per heavy atom. The first-order chi connectivity index (χ1) is 13.7. The second-order valence-corrected chi connectivity index (χ2v) is 6.40. The average Bonchev–Trinajstić information content (AvgIpc) is 2.75. The molecule has 3 aromatic carbocycles. The Labute approximate surface area is 164 Å². The second-order valence-electron chi connectivity index (χ2n) is 6.40. The zero-order valence-electron chi connectivity index (χ0n) is 15.8. The summed E-state index contributed by atoms with van der Waals surface area (Å²) >= 11 is 0. The first-order valence-electron chi connectivity index (χ1n) is 9.13. The van der Waals surface area contributed by atoms with Gasteiger partial charge in [0.1, 0.15) is 5.75 Å². The number of methoxy groups -OCH3 is 1. The molecule has 144 valence electrons. The van der Waals surface area contributed by atoms with Crippen molar-refractivity contribution in [3.63, 3.8) is 0 Å². The van der Waals surface area contributed by atoms with Crippen molar-refractivity contribution >= 4 is 23.0 Å². The number of ether oxygens (including phenoxy) is 2. The van der Waals surface area contributed by atoms with Crippen molar-refractivity contribution in [2.45, 2.75) is 6.54 Å². The minimum absolute atomic E-state index is 0.143. The maximum Gasteiger partial charge on any atom is 0.260 e. The predicted molar refractivity (Wildman–Crippen MR) is 109 cm³/mol. The second kappa shape index (κ2) is 9.67. The van der Waals surface area contributed by atoms with Gasteiger partial charge in [-0.1, -0.05) is 60.7 Å². The van der Waals surface area contributed by atoms with Crippen LogP contribution in [0.5, 0.6) is 5.75 Å². The van der Waals surface area contributed by atoms with Crippen LogP contribution in [0, 0.1) is 0 Å². The van der Waals surface area contributed by atoms with E-state index in [0.717, 1.165) is 22.6 Å². The highest BCUT2D eigenvalue weighted by atomic mass is 16.5. The fraction of sp³-hybridized carbons (Fsp3) is 0.217. The van der Waals surface area contributed by atoms with Gasteiger partial charge in [0.15, 0.2) is 12.9 Å². The average molecular weight is 377 g/mol. The normalized spacial score (nSPS) is 10.6. The summed E-state index contributed by atoms with van der Waals surface area (Å²) < 4.78 is 10.9. The summed E-state index contributed by atoms with van der Waals surface area (Å²) in [5.41, 5.74) is 1.49. The van der Waals surface area contributed by atoms with Gasteiger partial charge in [0.25, 0.3) is 5.91 Å². The SMILES string of the molecule is COCCN(Cc1ccccc1)C(=O)COc1ccc2ccccc2c1C=O. The maximum atomic E-state index is 12.7. The molecule has 1 amide bonds. The fourth-order valence-corrected chi connectivity index (χ4v) is 3.05. The Kier molecular flexibility index (Phi) is 6.76. The number of benzene rings is 3. The van der Waals surface area contributed by atoms with E-state index in [-0.39, 0.29) is 12.5 Å². The lowest BCUT2D eigenvalue weighted by molar-refractivity contribution is -0.134. The van der Waals surface area contributed by atoms with Gasteiger partial charge in [0.2, 0.25) is 0 Å². The molecule has 0 aliphatic heterocycles. The van der Waals surface area contributed by atoms with Crippen molar-refractivity contribution in [2.75, 3.05) is 26.9 Å². The van der Waals surface area contributed by atoms with Crippen molar-refractivity contribution in [1.29, 1.82) is 0 Å². The van der Waals surface area contributed by atoms with Gasteiger partial charge in [0, 0.05) is 20.2 Å². The zero-order valence-corrected chi connectivity index (χ0v) is 15.8. The number of hydrogen-bond donors (Lipinski definition) is 0. The van der Waals surface area contributed by atoms with E-state index in [4.69, 9.17) is 9.47 Å². The predicted octanol–water partition coefficient (Wildman–Crippen LogP) is 3.71. The third kappa shape index (κ3) is 4.75. The third-order valence-corrected chi connectivity index (χ3v) is 4.53. The van der Waals surface area contributed by atoms with Crippen molar-refractivity contribution in [3.05, 3.63) is 77.9 Å². The Bertz CT molecular complexity index is 940. The van der Waals surface area contributed by atoms with Crippen LogP contribution in [0.4, 0.5) is 0 Å². The maximum absolute atomic E-state index is 12.7. The first-order valence-corrected chi connectivity index (χ1v) is 9.13. The smallest absolute Gasteiger partial charge is 0.260 e. The number of nitrogens with zero attached hydrogens (tertiary/aromatic N) is 1.